The Morgan fingerprint density at radius 1 is 1.35 bits per heavy atom. The number of hydrogen-bond donors (Lipinski definition) is 0. The van der Waals surface area contributed by atoms with Gasteiger partial charge in [0, 0.05) is 6.07 Å². The molecule has 1 aromatic carbocycles. The van der Waals surface area contributed by atoms with Gasteiger partial charge in [0.25, 0.3) is 0 Å². The van der Waals surface area contributed by atoms with E-state index < -0.39 is 17.5 Å². The summed E-state index contributed by atoms with van der Waals surface area (Å²) in [6, 6.07) is 2.43. The fourth-order valence-electron chi connectivity index (χ4n) is 2.44. The van der Waals surface area contributed by atoms with Gasteiger partial charge in [-0.05, 0) is 34.8 Å². The lowest BCUT2D eigenvalue weighted by molar-refractivity contribution is -0.179. The van der Waals surface area contributed by atoms with E-state index in [1.165, 1.54) is 6.07 Å². The van der Waals surface area contributed by atoms with Crippen molar-refractivity contribution in [2.24, 2.45) is 0 Å². The van der Waals surface area contributed by atoms with Crippen LogP contribution in [0.1, 0.15) is 18.7 Å². The number of rotatable bonds is 2. The molecular weight excluding hydrogens is 363 g/mol. The first kappa shape index (κ1) is 14.1. The third kappa shape index (κ3) is 1.86. The second-order valence-corrected chi connectivity index (χ2v) is 5.90. The number of alkyl halides is 4. The molecule has 0 unspecified atom stereocenters. The summed E-state index contributed by atoms with van der Waals surface area (Å²) in [6.45, 7) is 0. The highest BCUT2D eigenvalue weighted by Gasteiger charge is 2.65. The molecular formula is C12H8BrClF4N2. The molecule has 1 heterocycles. The lowest BCUT2D eigenvalue weighted by atomic mass is 10.2. The van der Waals surface area contributed by atoms with E-state index >= 15 is 0 Å². The van der Waals surface area contributed by atoms with Crippen molar-refractivity contribution in [3.05, 3.63) is 28.2 Å². The summed E-state index contributed by atoms with van der Waals surface area (Å²) in [5.74, 6) is -0.683. The maximum Gasteiger partial charge on any atom is 0.412 e. The predicted octanol–water partition coefficient (Wildman–Crippen LogP) is 4.73. The minimum atomic E-state index is -4.41. The maximum absolute atomic E-state index is 13.6. The average Bonchev–Trinajstić information content (AvgIpc) is 3.09. The number of fused-ring (bicyclic) bond motifs is 1. The minimum absolute atomic E-state index is 0.0382. The smallest absolute Gasteiger partial charge is 0.311 e. The van der Waals surface area contributed by atoms with Crippen LogP contribution < -0.4 is 0 Å². The van der Waals surface area contributed by atoms with Gasteiger partial charge in [0.15, 0.2) is 0 Å². The van der Waals surface area contributed by atoms with Gasteiger partial charge < -0.3 is 4.57 Å². The molecule has 0 bridgehead atoms. The molecule has 0 aliphatic heterocycles. The number of benzene rings is 1. The van der Waals surface area contributed by atoms with Crippen LogP contribution in [0.5, 0.6) is 0 Å². The Bertz CT molecular complexity index is 691. The zero-order valence-corrected chi connectivity index (χ0v) is 12.3. The molecule has 0 N–H and O–H groups in total. The van der Waals surface area contributed by atoms with Crippen molar-refractivity contribution in [2.75, 3.05) is 0 Å². The zero-order chi connectivity index (χ0) is 14.7. The van der Waals surface area contributed by atoms with Crippen LogP contribution in [-0.4, -0.2) is 15.7 Å². The van der Waals surface area contributed by atoms with Crippen molar-refractivity contribution in [2.45, 2.75) is 30.4 Å². The van der Waals surface area contributed by atoms with Crippen molar-refractivity contribution >= 4 is 38.6 Å². The van der Waals surface area contributed by atoms with Gasteiger partial charge in [0.1, 0.15) is 17.2 Å². The average molecular weight is 372 g/mol. The van der Waals surface area contributed by atoms with Crippen molar-refractivity contribution in [1.82, 2.24) is 9.55 Å². The summed E-state index contributed by atoms with van der Waals surface area (Å²) in [6.07, 6.45) is -4.49. The summed E-state index contributed by atoms with van der Waals surface area (Å²) in [7, 11) is 0. The Hall–Kier alpha value is -0.820. The quantitative estimate of drug-likeness (QED) is 0.551. The molecule has 8 heteroatoms. The summed E-state index contributed by atoms with van der Waals surface area (Å²) in [5, 5.41) is 0. The Labute approximate surface area is 124 Å². The fraction of sp³-hybridized carbons (Fsp3) is 0.417. The van der Waals surface area contributed by atoms with Crippen LogP contribution in [0, 0.1) is 5.82 Å². The first-order chi connectivity index (χ1) is 9.30. The van der Waals surface area contributed by atoms with Crippen LogP contribution >= 0.6 is 27.5 Å². The third-order valence-corrected chi connectivity index (χ3v) is 4.41. The standard InChI is InChI=1S/C12H8BrClF4N2/c13-6-3-8-9(4-7(6)15)20(10(5-14)19-8)11(1-2-11)12(16,17)18/h3-4H,1-2,5H2. The van der Waals surface area contributed by atoms with Gasteiger partial charge in [-0.1, -0.05) is 0 Å². The summed E-state index contributed by atoms with van der Waals surface area (Å²) >= 11 is 8.71. The Morgan fingerprint density at radius 2 is 2.00 bits per heavy atom. The first-order valence-electron chi connectivity index (χ1n) is 5.80. The molecule has 1 aliphatic rings. The van der Waals surface area contributed by atoms with E-state index in [1.807, 2.05) is 0 Å². The van der Waals surface area contributed by atoms with Crippen LogP contribution in [0.15, 0.2) is 16.6 Å². The first-order valence-corrected chi connectivity index (χ1v) is 7.12. The largest absolute Gasteiger partial charge is 0.412 e. The van der Waals surface area contributed by atoms with E-state index in [9.17, 15) is 17.6 Å². The van der Waals surface area contributed by atoms with E-state index in [1.54, 1.807) is 0 Å². The molecule has 108 valence electrons. The van der Waals surface area contributed by atoms with Gasteiger partial charge in [0.05, 0.1) is 21.4 Å². The van der Waals surface area contributed by atoms with E-state index in [4.69, 9.17) is 11.6 Å². The Morgan fingerprint density at radius 3 is 2.50 bits per heavy atom. The molecule has 20 heavy (non-hydrogen) atoms. The fourth-order valence-corrected chi connectivity index (χ4v) is 2.95. The molecule has 1 aromatic heterocycles. The summed E-state index contributed by atoms with van der Waals surface area (Å²) in [5.41, 5.74) is -1.58. The van der Waals surface area contributed by atoms with Crippen LogP contribution in [0.25, 0.3) is 11.0 Å². The third-order valence-electron chi connectivity index (χ3n) is 3.56. The highest BCUT2D eigenvalue weighted by atomic mass is 79.9. The van der Waals surface area contributed by atoms with Crippen LogP contribution in [0.3, 0.4) is 0 Å². The molecule has 1 fully saturated rings. The number of hydrogen-bond acceptors (Lipinski definition) is 1. The summed E-state index contributed by atoms with van der Waals surface area (Å²) in [4.78, 5) is 4.09. The number of nitrogens with zero attached hydrogens (tertiary/aromatic N) is 2. The topological polar surface area (TPSA) is 17.8 Å². The summed E-state index contributed by atoms with van der Waals surface area (Å²) < 4.78 is 54.7. The van der Waals surface area contributed by atoms with Gasteiger partial charge in [-0.3, -0.25) is 0 Å². The van der Waals surface area contributed by atoms with Crippen LogP contribution in [-0.2, 0) is 11.4 Å². The van der Waals surface area contributed by atoms with Gasteiger partial charge >= 0.3 is 6.18 Å². The molecule has 2 nitrogen and oxygen atoms in total. The van der Waals surface area contributed by atoms with Gasteiger partial charge in [-0.25, -0.2) is 9.37 Å². The van der Waals surface area contributed by atoms with Crippen LogP contribution in [0.2, 0.25) is 0 Å². The minimum Gasteiger partial charge on any atom is -0.311 e. The van der Waals surface area contributed by atoms with Crippen molar-refractivity contribution in [3.63, 3.8) is 0 Å². The molecule has 0 radical (unpaired) electrons. The number of aromatic nitrogens is 2. The molecule has 0 atom stereocenters. The van der Waals surface area contributed by atoms with Gasteiger partial charge in [0.2, 0.25) is 0 Å². The van der Waals surface area contributed by atoms with E-state index in [-0.39, 0.29) is 34.5 Å². The highest BCUT2D eigenvalue weighted by Crippen LogP contribution is 2.57. The van der Waals surface area contributed by atoms with Crippen molar-refractivity contribution in [1.29, 1.82) is 0 Å². The predicted molar refractivity (Wildman–Crippen MR) is 70.2 cm³/mol. The van der Waals surface area contributed by atoms with E-state index in [0.717, 1.165) is 10.6 Å². The SMILES string of the molecule is Fc1cc2c(cc1Br)nc(CCl)n2C1(C(F)(F)F)CC1. The second-order valence-electron chi connectivity index (χ2n) is 4.78. The van der Waals surface area contributed by atoms with Gasteiger partial charge in [-0.15, -0.1) is 11.6 Å². The second kappa shape index (κ2) is 4.34. The number of imidazole rings is 1. The maximum atomic E-state index is 13.6. The molecule has 3 rings (SSSR count). The number of halogens is 6. The Balaban J connectivity index is 2.32. The lowest BCUT2D eigenvalue weighted by Gasteiger charge is -2.23. The molecule has 2 aromatic rings. The zero-order valence-electron chi connectivity index (χ0n) is 9.94. The normalized spacial score (nSPS) is 17.7. The molecule has 1 saturated carbocycles. The van der Waals surface area contributed by atoms with Crippen molar-refractivity contribution < 1.29 is 17.6 Å². The molecule has 1 aliphatic carbocycles. The van der Waals surface area contributed by atoms with Crippen LogP contribution in [0.4, 0.5) is 17.6 Å². The monoisotopic (exact) mass is 370 g/mol. The molecule has 0 saturated heterocycles. The van der Waals surface area contributed by atoms with Gasteiger partial charge in [-0.2, -0.15) is 13.2 Å². The van der Waals surface area contributed by atoms with E-state index in [2.05, 4.69) is 20.9 Å². The highest BCUT2D eigenvalue weighted by molar-refractivity contribution is 9.10. The molecule has 0 amide bonds. The van der Waals surface area contributed by atoms with E-state index in [0.29, 0.717) is 5.52 Å². The lowest BCUT2D eigenvalue weighted by Crippen LogP contribution is -2.35. The van der Waals surface area contributed by atoms with Crippen molar-refractivity contribution in [3.8, 4) is 0 Å². The molecule has 0 spiro atoms. The Kier molecular flexibility index (Phi) is 3.06.